The summed E-state index contributed by atoms with van der Waals surface area (Å²) >= 11 is 0. The van der Waals surface area contributed by atoms with Gasteiger partial charge >= 0.3 is 0 Å². The van der Waals surface area contributed by atoms with E-state index in [2.05, 4.69) is 167 Å². The van der Waals surface area contributed by atoms with Gasteiger partial charge in [-0.05, 0) is 87.6 Å². The second kappa shape index (κ2) is 11.2. The quantitative estimate of drug-likeness (QED) is 0.186. The van der Waals surface area contributed by atoms with Gasteiger partial charge in [-0.25, -0.2) is 0 Å². The van der Waals surface area contributed by atoms with Crippen LogP contribution < -0.4 is 16.2 Å². The van der Waals surface area contributed by atoms with Gasteiger partial charge in [0.1, 0.15) is 22.3 Å². The van der Waals surface area contributed by atoms with Crippen LogP contribution >= 0.6 is 0 Å². The van der Waals surface area contributed by atoms with E-state index in [1.54, 1.807) is 0 Å². The Balaban J connectivity index is 1.20. The summed E-state index contributed by atoms with van der Waals surface area (Å²) < 4.78 is 15.5. The third-order valence-corrected chi connectivity index (χ3v) is 11.9. The minimum absolute atomic E-state index is 0.0196. The minimum atomic E-state index is -0.0196. The molecule has 0 radical (unpaired) electrons. The summed E-state index contributed by atoms with van der Waals surface area (Å²) in [7, 11) is 0.782. The number of hydrogen-bond acceptors (Lipinski definition) is 3. The summed E-state index contributed by atoms with van der Waals surface area (Å²) in [6.45, 7) is 13.7. The van der Waals surface area contributed by atoms with Gasteiger partial charge in [0.05, 0.1) is 5.52 Å². The molecular weight excluding hydrogens is 671 g/mol. The number of rotatable bonds is 3. The summed E-state index contributed by atoms with van der Waals surface area (Å²) in [6.07, 6.45) is 0. The molecule has 55 heavy (non-hydrogen) atoms. The van der Waals surface area contributed by atoms with Gasteiger partial charge in [-0.3, -0.25) is 0 Å². The van der Waals surface area contributed by atoms with Gasteiger partial charge in [0.2, 0.25) is 0 Å². The number of nitrogens with one attached hydrogen (secondary N) is 1. The van der Waals surface area contributed by atoms with E-state index in [-0.39, 0.29) is 10.8 Å². The highest BCUT2D eigenvalue weighted by molar-refractivity contribution is 6.73. The molecule has 3 aromatic heterocycles. The SMILES string of the molecule is CC(C)(C)c1ccc(Nc2ccc(C(C)(C)C)cc2-c2ccc3c4cc5c(cc4n4c3c2Bc2cc3oc6ccccc6c3cc2-4)oc2ccccc25)cc1. The standard InChI is InChI=1S/C50H41BN2O2/c1-49(2,3)28-15-18-30(19-16-28)52-40-22-17-29(50(4,5)6)23-35(40)33-20-21-34-36-24-37-31-11-7-9-13-43(31)55-46(37)27-41(36)53-42-25-38-32-12-8-10-14-44(32)54-45(38)26-39(42)51-47(33)48(34)53/h7-27,51-52H,1-6H3. The first-order valence-corrected chi connectivity index (χ1v) is 19.4. The van der Waals surface area contributed by atoms with Crippen molar-refractivity contribution in [2.45, 2.75) is 52.4 Å². The molecule has 10 aromatic rings. The maximum Gasteiger partial charge on any atom is 0.198 e. The fourth-order valence-electron chi connectivity index (χ4n) is 8.97. The second-order valence-electron chi connectivity index (χ2n) is 17.5. The molecule has 0 bridgehead atoms. The normalized spacial score (nSPS) is 13.1. The van der Waals surface area contributed by atoms with E-state index in [1.807, 2.05) is 12.1 Å². The van der Waals surface area contributed by atoms with Crippen LogP contribution in [0.4, 0.5) is 11.4 Å². The van der Waals surface area contributed by atoms with Gasteiger partial charge in [-0.2, -0.15) is 0 Å². The molecule has 0 aliphatic carbocycles. The Morgan fingerprint density at radius 1 is 0.509 bits per heavy atom. The molecule has 7 aromatic carbocycles. The summed E-state index contributed by atoms with van der Waals surface area (Å²) in [6, 6.07) is 46.6. The highest BCUT2D eigenvalue weighted by atomic mass is 16.3. The van der Waals surface area contributed by atoms with Gasteiger partial charge in [0.25, 0.3) is 0 Å². The van der Waals surface area contributed by atoms with Gasteiger partial charge in [0, 0.05) is 66.5 Å². The number of para-hydroxylation sites is 2. The summed E-state index contributed by atoms with van der Waals surface area (Å²) in [5.41, 5.74) is 17.1. The first kappa shape index (κ1) is 32.3. The number of aromatic nitrogens is 1. The number of nitrogens with zero attached hydrogens (tertiary/aromatic N) is 1. The topological polar surface area (TPSA) is 43.2 Å². The lowest BCUT2D eigenvalue weighted by molar-refractivity contribution is 0.590. The summed E-state index contributed by atoms with van der Waals surface area (Å²) in [5, 5.41) is 10.9. The van der Waals surface area contributed by atoms with Crippen LogP contribution in [0.25, 0.3) is 82.5 Å². The zero-order valence-corrected chi connectivity index (χ0v) is 32.1. The molecule has 4 heterocycles. The average molecular weight is 713 g/mol. The molecule has 1 N–H and O–H groups in total. The first-order valence-electron chi connectivity index (χ1n) is 19.4. The highest BCUT2D eigenvalue weighted by Crippen LogP contribution is 2.42. The molecule has 1 aliphatic rings. The zero-order chi connectivity index (χ0) is 37.4. The molecule has 5 heteroatoms. The molecule has 0 atom stereocenters. The van der Waals surface area contributed by atoms with Gasteiger partial charge in [0.15, 0.2) is 7.28 Å². The predicted octanol–water partition coefficient (Wildman–Crippen LogP) is 12.3. The number of benzene rings is 7. The van der Waals surface area contributed by atoms with Crippen molar-refractivity contribution in [2.75, 3.05) is 5.32 Å². The number of anilines is 2. The largest absolute Gasteiger partial charge is 0.456 e. The second-order valence-corrected chi connectivity index (χ2v) is 17.5. The summed E-state index contributed by atoms with van der Waals surface area (Å²) in [4.78, 5) is 0. The Morgan fingerprint density at radius 3 is 1.84 bits per heavy atom. The van der Waals surface area contributed by atoms with Gasteiger partial charge < -0.3 is 18.7 Å². The van der Waals surface area contributed by atoms with E-state index in [1.165, 1.54) is 55.2 Å². The lowest BCUT2D eigenvalue weighted by Gasteiger charge is -2.26. The zero-order valence-electron chi connectivity index (χ0n) is 32.1. The number of hydrogen-bond donors (Lipinski definition) is 1. The van der Waals surface area contributed by atoms with Gasteiger partial charge in [-0.15, -0.1) is 0 Å². The van der Waals surface area contributed by atoms with Crippen molar-refractivity contribution in [2.24, 2.45) is 0 Å². The van der Waals surface area contributed by atoms with Gasteiger partial charge in [-0.1, -0.05) is 114 Å². The Bertz CT molecular complexity index is 3220. The van der Waals surface area contributed by atoms with Crippen molar-refractivity contribution in [1.29, 1.82) is 0 Å². The maximum atomic E-state index is 6.51. The Morgan fingerprint density at radius 2 is 1.15 bits per heavy atom. The van der Waals surface area contributed by atoms with Crippen LogP contribution in [0.5, 0.6) is 0 Å². The van der Waals surface area contributed by atoms with E-state index >= 15 is 0 Å². The lowest BCUT2D eigenvalue weighted by atomic mass is 9.59. The van der Waals surface area contributed by atoms with Crippen LogP contribution in [0.3, 0.4) is 0 Å². The fraction of sp³-hybridized carbons (Fsp3) is 0.160. The molecule has 4 nitrogen and oxygen atoms in total. The van der Waals surface area contributed by atoms with Crippen LogP contribution in [0.2, 0.25) is 0 Å². The third kappa shape index (κ3) is 4.85. The van der Waals surface area contributed by atoms with Crippen LogP contribution in [0.1, 0.15) is 52.7 Å². The smallest absolute Gasteiger partial charge is 0.198 e. The average Bonchev–Trinajstić information content (AvgIpc) is 3.82. The summed E-state index contributed by atoms with van der Waals surface area (Å²) in [5.74, 6) is 0. The van der Waals surface area contributed by atoms with Crippen LogP contribution in [0, 0.1) is 0 Å². The van der Waals surface area contributed by atoms with E-state index in [4.69, 9.17) is 8.83 Å². The molecule has 0 amide bonds. The molecule has 1 aliphatic heterocycles. The van der Waals surface area contributed by atoms with Crippen LogP contribution in [-0.4, -0.2) is 11.8 Å². The molecule has 0 saturated carbocycles. The van der Waals surface area contributed by atoms with Crippen LogP contribution in [0.15, 0.2) is 136 Å². The number of fused-ring (bicyclic) bond motifs is 11. The highest BCUT2D eigenvalue weighted by Gasteiger charge is 2.29. The van der Waals surface area contributed by atoms with Crippen molar-refractivity contribution >= 4 is 95.3 Å². The lowest BCUT2D eigenvalue weighted by Crippen LogP contribution is -2.37. The van der Waals surface area contributed by atoms with Crippen molar-refractivity contribution in [3.63, 3.8) is 0 Å². The monoisotopic (exact) mass is 712 g/mol. The van der Waals surface area contributed by atoms with E-state index in [0.717, 1.165) is 68.0 Å². The predicted molar refractivity (Wildman–Crippen MR) is 234 cm³/mol. The minimum Gasteiger partial charge on any atom is -0.456 e. The molecule has 0 saturated heterocycles. The first-order chi connectivity index (χ1) is 26.5. The van der Waals surface area contributed by atoms with Crippen molar-refractivity contribution < 1.29 is 8.83 Å². The number of furan rings is 2. The van der Waals surface area contributed by atoms with Crippen molar-refractivity contribution in [1.82, 2.24) is 4.57 Å². The van der Waals surface area contributed by atoms with E-state index < -0.39 is 0 Å². The van der Waals surface area contributed by atoms with Crippen LogP contribution in [-0.2, 0) is 10.8 Å². The fourth-order valence-corrected chi connectivity index (χ4v) is 8.97. The van der Waals surface area contributed by atoms with E-state index in [0.29, 0.717) is 0 Å². The Hall–Kier alpha value is -6.20. The molecule has 0 fully saturated rings. The molecule has 266 valence electrons. The van der Waals surface area contributed by atoms with Crippen molar-refractivity contribution in [3.8, 4) is 16.8 Å². The Labute approximate surface area is 320 Å². The van der Waals surface area contributed by atoms with Crippen molar-refractivity contribution in [3.05, 3.63) is 139 Å². The Kier molecular flexibility index (Phi) is 6.55. The molecular formula is C50H41BN2O2. The maximum absolute atomic E-state index is 6.51. The molecule has 11 rings (SSSR count). The molecule has 0 unspecified atom stereocenters. The van der Waals surface area contributed by atoms with E-state index in [9.17, 15) is 0 Å². The molecule has 0 spiro atoms. The third-order valence-electron chi connectivity index (χ3n) is 11.9.